The Morgan fingerprint density at radius 2 is 1.81 bits per heavy atom. The van der Waals surface area contributed by atoms with Crippen LogP contribution < -0.4 is 10.1 Å². The third-order valence-corrected chi connectivity index (χ3v) is 4.92. The van der Waals surface area contributed by atoms with E-state index < -0.39 is 0 Å². The van der Waals surface area contributed by atoms with Gasteiger partial charge >= 0.3 is 6.01 Å². The summed E-state index contributed by atoms with van der Waals surface area (Å²) in [4.78, 5) is 20.8. The fourth-order valence-corrected chi connectivity index (χ4v) is 3.44. The molecule has 0 atom stereocenters. The monoisotopic (exact) mass is 385 g/mol. The molecule has 1 aromatic carbocycles. The van der Waals surface area contributed by atoms with E-state index in [9.17, 15) is 4.79 Å². The lowest BCUT2D eigenvalue weighted by Crippen LogP contribution is -2.39. The number of carbonyl (C=O) groups excluding carboxylic acids is 1. The maximum atomic E-state index is 12.2. The molecule has 5 nitrogen and oxygen atoms in total. The Morgan fingerprint density at radius 3 is 2.48 bits per heavy atom. The Hall–Kier alpha value is -2.40. The van der Waals surface area contributed by atoms with Crippen LogP contribution in [0.2, 0.25) is 5.02 Å². The summed E-state index contributed by atoms with van der Waals surface area (Å²) in [5, 5.41) is 3.69. The van der Waals surface area contributed by atoms with Crippen LogP contribution in [0.25, 0.3) is 6.08 Å². The molecular weight excluding hydrogens is 362 g/mol. The fraction of sp³-hybridized carbons (Fsp3) is 0.381. The molecule has 2 aromatic rings. The molecular formula is C21H24ClN3O2. The molecule has 1 N–H and O–H groups in total. The number of hydrogen-bond donors (Lipinski definition) is 1. The van der Waals surface area contributed by atoms with E-state index in [1.165, 1.54) is 6.08 Å². The van der Waals surface area contributed by atoms with Gasteiger partial charge in [0.2, 0.25) is 5.91 Å². The van der Waals surface area contributed by atoms with Crippen LogP contribution in [0.15, 0.2) is 36.4 Å². The summed E-state index contributed by atoms with van der Waals surface area (Å²) in [7, 11) is 0. The second-order valence-electron chi connectivity index (χ2n) is 6.89. The lowest BCUT2D eigenvalue weighted by molar-refractivity contribution is -0.117. The van der Waals surface area contributed by atoms with Crippen LogP contribution in [0, 0.1) is 13.8 Å². The normalized spacial score (nSPS) is 19.8. The molecule has 0 unspecified atom stereocenters. The number of carbonyl (C=O) groups is 1. The number of aryl methyl sites for hydroxylation is 2. The van der Waals surface area contributed by atoms with Crippen LogP contribution in [-0.4, -0.2) is 28.0 Å². The van der Waals surface area contributed by atoms with Crippen molar-refractivity contribution in [2.24, 2.45) is 0 Å². The van der Waals surface area contributed by atoms with E-state index in [1.807, 2.05) is 38.1 Å². The minimum absolute atomic E-state index is 0.0954. The zero-order valence-electron chi connectivity index (χ0n) is 15.6. The fourth-order valence-electron chi connectivity index (χ4n) is 3.25. The van der Waals surface area contributed by atoms with Crippen molar-refractivity contribution in [2.45, 2.75) is 51.7 Å². The van der Waals surface area contributed by atoms with Crippen molar-refractivity contribution in [3.05, 3.63) is 58.4 Å². The average molecular weight is 386 g/mol. The summed E-state index contributed by atoms with van der Waals surface area (Å²) in [6, 6.07) is 9.98. The average Bonchev–Trinajstić information content (AvgIpc) is 2.62. The van der Waals surface area contributed by atoms with E-state index in [4.69, 9.17) is 16.3 Å². The SMILES string of the molecule is Cc1cc(C)nc(OC2CCC(NC(=O)/C=C/c3ccccc3Cl)CC2)n1. The van der Waals surface area contributed by atoms with Crippen molar-refractivity contribution in [2.75, 3.05) is 0 Å². The van der Waals surface area contributed by atoms with Crippen molar-refractivity contribution in [3.63, 3.8) is 0 Å². The minimum Gasteiger partial charge on any atom is -0.460 e. The van der Waals surface area contributed by atoms with E-state index in [-0.39, 0.29) is 18.1 Å². The maximum Gasteiger partial charge on any atom is 0.317 e. The first-order valence-corrected chi connectivity index (χ1v) is 9.59. The molecule has 1 saturated carbocycles. The minimum atomic E-state index is -0.100. The van der Waals surface area contributed by atoms with E-state index in [0.29, 0.717) is 11.0 Å². The van der Waals surface area contributed by atoms with Crippen LogP contribution in [0.1, 0.15) is 42.6 Å². The summed E-state index contributed by atoms with van der Waals surface area (Å²) in [6.07, 6.45) is 6.86. The van der Waals surface area contributed by atoms with E-state index in [2.05, 4.69) is 15.3 Å². The topological polar surface area (TPSA) is 64.1 Å². The molecule has 0 saturated heterocycles. The van der Waals surface area contributed by atoms with Gasteiger partial charge in [-0.05, 0) is 63.3 Å². The molecule has 1 aliphatic carbocycles. The van der Waals surface area contributed by atoms with Gasteiger partial charge in [-0.2, -0.15) is 0 Å². The molecule has 0 aliphatic heterocycles. The maximum absolute atomic E-state index is 12.2. The number of halogens is 1. The summed E-state index contributed by atoms with van der Waals surface area (Å²) >= 11 is 6.09. The highest BCUT2D eigenvalue weighted by Crippen LogP contribution is 2.23. The van der Waals surface area contributed by atoms with Gasteiger partial charge in [0.1, 0.15) is 6.10 Å². The molecule has 1 heterocycles. The van der Waals surface area contributed by atoms with Crippen LogP contribution >= 0.6 is 11.6 Å². The van der Waals surface area contributed by atoms with Gasteiger partial charge in [0.05, 0.1) is 0 Å². The molecule has 0 spiro atoms. The second kappa shape index (κ2) is 9.00. The number of rotatable bonds is 5. The van der Waals surface area contributed by atoms with Crippen molar-refractivity contribution in [1.29, 1.82) is 0 Å². The van der Waals surface area contributed by atoms with Gasteiger partial charge in [0.25, 0.3) is 0 Å². The Bertz CT molecular complexity index is 810. The number of hydrogen-bond acceptors (Lipinski definition) is 4. The van der Waals surface area contributed by atoms with E-state index >= 15 is 0 Å². The second-order valence-corrected chi connectivity index (χ2v) is 7.30. The third-order valence-electron chi connectivity index (χ3n) is 4.57. The zero-order chi connectivity index (χ0) is 19.2. The Morgan fingerprint density at radius 1 is 1.15 bits per heavy atom. The summed E-state index contributed by atoms with van der Waals surface area (Å²) in [5.74, 6) is -0.100. The summed E-state index contributed by atoms with van der Waals surface area (Å²) < 4.78 is 5.93. The Labute approximate surface area is 164 Å². The first-order chi connectivity index (χ1) is 13.0. The molecule has 1 fully saturated rings. The van der Waals surface area contributed by atoms with Crippen LogP contribution in [0.3, 0.4) is 0 Å². The molecule has 1 aromatic heterocycles. The molecule has 6 heteroatoms. The molecule has 142 valence electrons. The predicted octanol–water partition coefficient (Wildman–Crippen LogP) is 4.27. The number of ether oxygens (including phenoxy) is 1. The number of aromatic nitrogens is 2. The number of nitrogens with zero attached hydrogens (tertiary/aromatic N) is 2. The van der Waals surface area contributed by atoms with E-state index in [1.54, 1.807) is 12.1 Å². The molecule has 1 aliphatic rings. The zero-order valence-corrected chi connectivity index (χ0v) is 16.4. The van der Waals surface area contributed by atoms with Gasteiger partial charge in [-0.25, -0.2) is 9.97 Å². The number of amides is 1. The van der Waals surface area contributed by atoms with Crippen LogP contribution in [0.4, 0.5) is 0 Å². The van der Waals surface area contributed by atoms with Gasteiger partial charge in [-0.1, -0.05) is 29.8 Å². The summed E-state index contributed by atoms with van der Waals surface area (Å²) in [6.45, 7) is 3.87. The largest absolute Gasteiger partial charge is 0.460 e. The van der Waals surface area contributed by atoms with Crippen molar-refractivity contribution in [1.82, 2.24) is 15.3 Å². The summed E-state index contributed by atoms with van der Waals surface area (Å²) in [5.41, 5.74) is 2.65. The van der Waals surface area contributed by atoms with E-state index in [0.717, 1.165) is 42.6 Å². The number of nitrogens with one attached hydrogen (secondary N) is 1. The molecule has 3 rings (SSSR count). The molecule has 0 bridgehead atoms. The quantitative estimate of drug-likeness (QED) is 0.781. The lowest BCUT2D eigenvalue weighted by Gasteiger charge is -2.28. The Kier molecular flexibility index (Phi) is 6.45. The molecule has 0 radical (unpaired) electrons. The van der Waals surface area contributed by atoms with Gasteiger partial charge in [-0.3, -0.25) is 4.79 Å². The third kappa shape index (κ3) is 5.79. The first-order valence-electron chi connectivity index (χ1n) is 9.21. The van der Waals surface area contributed by atoms with Gasteiger partial charge in [0.15, 0.2) is 0 Å². The number of benzene rings is 1. The van der Waals surface area contributed by atoms with Crippen LogP contribution in [0.5, 0.6) is 6.01 Å². The van der Waals surface area contributed by atoms with Crippen LogP contribution in [-0.2, 0) is 4.79 Å². The highest BCUT2D eigenvalue weighted by molar-refractivity contribution is 6.32. The van der Waals surface area contributed by atoms with Crippen molar-refractivity contribution in [3.8, 4) is 6.01 Å². The standard InChI is InChI=1S/C21H24ClN3O2/c1-14-13-15(2)24-21(23-14)27-18-10-8-17(9-11-18)25-20(26)12-7-16-5-3-4-6-19(16)22/h3-7,12-13,17-18H,8-11H2,1-2H3,(H,25,26)/b12-7+. The first kappa shape index (κ1) is 19.4. The van der Waals surface area contributed by atoms with Crippen molar-refractivity contribution < 1.29 is 9.53 Å². The van der Waals surface area contributed by atoms with Gasteiger partial charge < -0.3 is 10.1 Å². The predicted molar refractivity (Wildman–Crippen MR) is 107 cm³/mol. The Balaban J connectivity index is 1.46. The molecule has 1 amide bonds. The van der Waals surface area contributed by atoms with Gasteiger partial charge in [0, 0.05) is 28.5 Å². The molecule has 27 heavy (non-hydrogen) atoms. The van der Waals surface area contributed by atoms with Crippen molar-refractivity contribution >= 4 is 23.6 Å². The highest BCUT2D eigenvalue weighted by atomic mass is 35.5. The highest BCUT2D eigenvalue weighted by Gasteiger charge is 2.24. The lowest BCUT2D eigenvalue weighted by atomic mass is 9.93. The van der Waals surface area contributed by atoms with Gasteiger partial charge in [-0.15, -0.1) is 0 Å². The smallest absolute Gasteiger partial charge is 0.317 e.